The molecule has 1 aromatic carbocycles. The van der Waals surface area contributed by atoms with E-state index in [4.69, 9.17) is 0 Å². The summed E-state index contributed by atoms with van der Waals surface area (Å²) in [4.78, 5) is 36.8. The second-order valence-electron chi connectivity index (χ2n) is 6.68. The highest BCUT2D eigenvalue weighted by molar-refractivity contribution is 5.98. The number of amides is 3. The van der Waals surface area contributed by atoms with E-state index in [-0.39, 0.29) is 24.3 Å². The fourth-order valence-electron chi connectivity index (χ4n) is 1.79. The minimum absolute atomic E-state index is 0.0805. The van der Waals surface area contributed by atoms with Crippen molar-refractivity contribution < 1.29 is 14.4 Å². The molecule has 24 heavy (non-hydrogen) atoms. The number of carbonyl (C=O) groups excluding carboxylic acids is 3. The van der Waals surface area contributed by atoms with Crippen molar-refractivity contribution in [1.82, 2.24) is 4.90 Å². The van der Waals surface area contributed by atoms with Gasteiger partial charge in [0.1, 0.15) is 0 Å². The van der Waals surface area contributed by atoms with Crippen LogP contribution in [0.4, 0.5) is 11.4 Å². The Morgan fingerprint density at radius 1 is 1.21 bits per heavy atom. The van der Waals surface area contributed by atoms with Crippen LogP contribution in [0.1, 0.15) is 26.3 Å². The third kappa shape index (κ3) is 5.53. The first kappa shape index (κ1) is 19.4. The Morgan fingerprint density at radius 2 is 1.83 bits per heavy atom. The van der Waals surface area contributed by atoms with Crippen LogP contribution in [0.15, 0.2) is 30.9 Å². The highest BCUT2D eigenvalue weighted by Gasteiger charge is 2.21. The Labute approximate surface area is 142 Å². The number of likely N-dealkylation sites (N-methyl/N-ethyl adjacent to an activating group) is 1. The molecule has 1 aromatic rings. The predicted octanol–water partition coefficient (Wildman–Crippen LogP) is 2.56. The molecule has 6 heteroatoms. The average molecular weight is 331 g/mol. The van der Waals surface area contributed by atoms with Crippen LogP contribution in [-0.2, 0) is 14.4 Å². The summed E-state index contributed by atoms with van der Waals surface area (Å²) in [5, 5.41) is 5.58. The highest BCUT2D eigenvalue weighted by atomic mass is 16.2. The lowest BCUT2D eigenvalue weighted by molar-refractivity contribution is -0.129. The number of hydrogen-bond donors (Lipinski definition) is 2. The van der Waals surface area contributed by atoms with Gasteiger partial charge in [-0.25, -0.2) is 0 Å². The number of aryl methyl sites for hydroxylation is 1. The van der Waals surface area contributed by atoms with Gasteiger partial charge in [0, 0.05) is 23.8 Å². The molecule has 0 radical (unpaired) electrons. The van der Waals surface area contributed by atoms with Gasteiger partial charge in [-0.15, -0.1) is 0 Å². The summed E-state index contributed by atoms with van der Waals surface area (Å²) in [6.45, 7) is 10.6. The fraction of sp³-hybridized carbons (Fsp3) is 0.389. The van der Waals surface area contributed by atoms with E-state index in [0.29, 0.717) is 11.4 Å². The molecular weight excluding hydrogens is 306 g/mol. The van der Waals surface area contributed by atoms with E-state index in [1.165, 1.54) is 11.9 Å². The summed E-state index contributed by atoms with van der Waals surface area (Å²) >= 11 is 0. The molecule has 0 atom stereocenters. The van der Waals surface area contributed by atoms with E-state index in [0.717, 1.165) is 11.6 Å². The molecule has 3 amide bonds. The van der Waals surface area contributed by atoms with Crippen molar-refractivity contribution in [3.8, 4) is 0 Å². The zero-order valence-corrected chi connectivity index (χ0v) is 14.9. The van der Waals surface area contributed by atoms with Crippen LogP contribution in [0.2, 0.25) is 0 Å². The lowest BCUT2D eigenvalue weighted by Crippen LogP contribution is -2.34. The second-order valence-corrected chi connectivity index (χ2v) is 6.68. The van der Waals surface area contributed by atoms with Crippen molar-refractivity contribution in [3.05, 3.63) is 36.4 Å². The SMILES string of the molecule is C=CC(=O)N(C)CC(=O)Nc1cc(NC(=O)C(C)(C)C)ccc1C. The molecule has 0 bridgehead atoms. The molecule has 1 rings (SSSR count). The summed E-state index contributed by atoms with van der Waals surface area (Å²) in [7, 11) is 1.52. The van der Waals surface area contributed by atoms with Gasteiger partial charge < -0.3 is 15.5 Å². The predicted molar refractivity (Wildman–Crippen MR) is 95.7 cm³/mol. The van der Waals surface area contributed by atoms with Crippen LogP contribution in [0.5, 0.6) is 0 Å². The number of nitrogens with zero attached hydrogens (tertiary/aromatic N) is 1. The monoisotopic (exact) mass is 331 g/mol. The standard InChI is InChI=1S/C18H25N3O3/c1-7-16(23)21(6)11-15(22)20-14-10-13(9-8-12(14)2)19-17(24)18(3,4)5/h7-10H,1,11H2,2-6H3,(H,19,24)(H,20,22). The van der Waals surface area contributed by atoms with Crippen LogP contribution in [0.3, 0.4) is 0 Å². The molecule has 6 nitrogen and oxygen atoms in total. The average Bonchev–Trinajstić information content (AvgIpc) is 2.48. The fourth-order valence-corrected chi connectivity index (χ4v) is 1.79. The largest absolute Gasteiger partial charge is 0.333 e. The molecule has 130 valence electrons. The molecule has 0 spiro atoms. The van der Waals surface area contributed by atoms with E-state index < -0.39 is 5.41 Å². The van der Waals surface area contributed by atoms with Crippen LogP contribution >= 0.6 is 0 Å². The third-order valence-corrected chi connectivity index (χ3v) is 3.38. The Morgan fingerprint density at radius 3 is 2.38 bits per heavy atom. The van der Waals surface area contributed by atoms with Gasteiger partial charge >= 0.3 is 0 Å². The van der Waals surface area contributed by atoms with Gasteiger partial charge in [-0.05, 0) is 30.7 Å². The van der Waals surface area contributed by atoms with Gasteiger partial charge in [0.05, 0.1) is 6.54 Å². The maximum absolute atomic E-state index is 12.1. The first-order valence-electron chi connectivity index (χ1n) is 7.64. The molecule has 0 aliphatic heterocycles. The molecule has 0 saturated carbocycles. The number of carbonyl (C=O) groups is 3. The minimum atomic E-state index is -0.512. The summed E-state index contributed by atoms with van der Waals surface area (Å²) in [5.74, 6) is -0.761. The van der Waals surface area contributed by atoms with Crippen molar-refractivity contribution in [2.45, 2.75) is 27.7 Å². The first-order chi connectivity index (χ1) is 11.0. The van der Waals surface area contributed by atoms with Crippen molar-refractivity contribution >= 4 is 29.1 Å². The van der Waals surface area contributed by atoms with Crippen LogP contribution in [-0.4, -0.2) is 36.2 Å². The Hall–Kier alpha value is -2.63. The van der Waals surface area contributed by atoms with Gasteiger partial charge in [-0.3, -0.25) is 14.4 Å². The van der Waals surface area contributed by atoms with Crippen LogP contribution in [0.25, 0.3) is 0 Å². The van der Waals surface area contributed by atoms with Crippen molar-refractivity contribution in [1.29, 1.82) is 0 Å². The van der Waals surface area contributed by atoms with E-state index in [2.05, 4.69) is 17.2 Å². The number of hydrogen-bond acceptors (Lipinski definition) is 3. The van der Waals surface area contributed by atoms with Crippen molar-refractivity contribution in [2.24, 2.45) is 5.41 Å². The Bertz CT molecular complexity index is 660. The van der Waals surface area contributed by atoms with Gasteiger partial charge in [0.25, 0.3) is 0 Å². The molecule has 0 aromatic heterocycles. The molecule has 0 heterocycles. The zero-order valence-electron chi connectivity index (χ0n) is 14.9. The number of benzene rings is 1. The quantitative estimate of drug-likeness (QED) is 0.814. The van der Waals surface area contributed by atoms with Crippen molar-refractivity contribution in [3.63, 3.8) is 0 Å². The normalized spacial score (nSPS) is 10.7. The molecular formula is C18H25N3O3. The maximum atomic E-state index is 12.1. The van der Waals surface area contributed by atoms with Crippen molar-refractivity contribution in [2.75, 3.05) is 24.2 Å². The lowest BCUT2D eigenvalue weighted by atomic mass is 9.95. The van der Waals surface area contributed by atoms with Gasteiger partial charge in [0.2, 0.25) is 17.7 Å². The van der Waals surface area contributed by atoms with Gasteiger partial charge in [-0.2, -0.15) is 0 Å². The summed E-state index contributed by atoms with van der Waals surface area (Å²) in [6, 6.07) is 5.29. The topological polar surface area (TPSA) is 78.5 Å². The Kier molecular flexibility index (Phi) is 6.28. The molecule has 0 saturated heterocycles. The molecule has 0 fully saturated rings. The number of anilines is 2. The highest BCUT2D eigenvalue weighted by Crippen LogP contribution is 2.23. The maximum Gasteiger partial charge on any atom is 0.246 e. The van der Waals surface area contributed by atoms with Gasteiger partial charge in [0.15, 0.2) is 0 Å². The first-order valence-corrected chi connectivity index (χ1v) is 7.64. The molecule has 0 aliphatic carbocycles. The summed E-state index contributed by atoms with van der Waals surface area (Å²) < 4.78 is 0. The number of rotatable bonds is 5. The smallest absolute Gasteiger partial charge is 0.246 e. The summed E-state index contributed by atoms with van der Waals surface area (Å²) in [5.41, 5.74) is 1.54. The van der Waals surface area contributed by atoms with Crippen LogP contribution in [0, 0.1) is 12.3 Å². The molecule has 0 unspecified atom stereocenters. The third-order valence-electron chi connectivity index (χ3n) is 3.38. The molecule has 0 aliphatic rings. The molecule has 2 N–H and O–H groups in total. The van der Waals surface area contributed by atoms with E-state index >= 15 is 0 Å². The zero-order chi connectivity index (χ0) is 18.5. The van der Waals surface area contributed by atoms with Gasteiger partial charge in [-0.1, -0.05) is 33.4 Å². The number of nitrogens with one attached hydrogen (secondary N) is 2. The lowest BCUT2D eigenvalue weighted by Gasteiger charge is -2.19. The van der Waals surface area contributed by atoms with Crippen LogP contribution < -0.4 is 10.6 Å². The Balaban J connectivity index is 2.83. The van der Waals surface area contributed by atoms with E-state index in [1.54, 1.807) is 12.1 Å². The second kappa shape index (κ2) is 7.77. The van der Waals surface area contributed by atoms with E-state index in [1.807, 2.05) is 33.8 Å². The summed E-state index contributed by atoms with van der Waals surface area (Å²) in [6.07, 6.45) is 1.15. The minimum Gasteiger partial charge on any atom is -0.333 e. The van der Waals surface area contributed by atoms with E-state index in [9.17, 15) is 14.4 Å².